The summed E-state index contributed by atoms with van der Waals surface area (Å²) in [5.74, 6) is 3.20. The molecule has 0 saturated heterocycles. The Morgan fingerprint density at radius 1 is 1.03 bits per heavy atom. The van der Waals surface area contributed by atoms with Crippen molar-refractivity contribution in [2.24, 2.45) is 17.8 Å². The fourth-order valence-corrected chi connectivity index (χ4v) is 6.75. The fraction of sp³-hybridized carbons (Fsp3) is 0.464. The van der Waals surface area contributed by atoms with E-state index in [1.807, 2.05) is 43.3 Å². The van der Waals surface area contributed by atoms with Gasteiger partial charge in [-0.2, -0.15) is 0 Å². The molecular formula is C28H33N3O2S. The monoisotopic (exact) mass is 475 g/mol. The minimum atomic E-state index is -0.0831. The Bertz CT molecular complexity index is 1120. The van der Waals surface area contributed by atoms with Crippen LogP contribution in [0.1, 0.15) is 57.1 Å². The molecule has 1 heterocycles. The molecule has 1 amide bonds. The van der Waals surface area contributed by atoms with Crippen LogP contribution < -0.4 is 5.32 Å². The van der Waals surface area contributed by atoms with Crippen LogP contribution in [0.15, 0.2) is 58.2 Å². The topological polar surface area (TPSA) is 68.0 Å². The maximum absolute atomic E-state index is 12.5. The van der Waals surface area contributed by atoms with Crippen molar-refractivity contribution < 1.29 is 9.21 Å². The van der Waals surface area contributed by atoms with Gasteiger partial charge in [-0.1, -0.05) is 55.4 Å². The molecule has 2 aliphatic carbocycles. The fourth-order valence-electron chi connectivity index (χ4n) is 6.19. The molecule has 2 unspecified atom stereocenters. The lowest BCUT2D eigenvalue weighted by atomic mass is 9.57. The van der Waals surface area contributed by atoms with Crippen LogP contribution in [0.5, 0.6) is 0 Å². The van der Waals surface area contributed by atoms with Crippen LogP contribution in [0.25, 0.3) is 11.5 Å². The van der Waals surface area contributed by atoms with Crippen LogP contribution in [0.3, 0.4) is 0 Å². The predicted octanol–water partition coefficient (Wildman–Crippen LogP) is 6.88. The molecule has 5 nitrogen and oxygen atoms in total. The third-order valence-corrected chi connectivity index (χ3v) is 8.33. The normalized spacial score (nSPS) is 26.3. The Balaban J connectivity index is 1.15. The molecule has 2 aromatic carbocycles. The molecule has 2 atom stereocenters. The standard InChI is InChI=1S/C28H33N3O2S/c1-18-4-6-22(7-5-18)26-30-31-27(33-26)34-17-25(32)29-24-10-8-23(9-11-24)28(3)15-20-12-19(2)13-21(14-20)16-28/h4-11,19-21H,12-17H2,1-3H3,(H,29,32). The Morgan fingerprint density at radius 2 is 1.71 bits per heavy atom. The second-order valence-electron chi connectivity index (χ2n) is 10.7. The van der Waals surface area contributed by atoms with E-state index < -0.39 is 0 Å². The van der Waals surface area contributed by atoms with E-state index >= 15 is 0 Å². The van der Waals surface area contributed by atoms with Gasteiger partial charge in [0.15, 0.2) is 0 Å². The molecule has 2 fully saturated rings. The average Bonchev–Trinajstić information content (AvgIpc) is 3.27. The summed E-state index contributed by atoms with van der Waals surface area (Å²) in [7, 11) is 0. The number of fused-ring (bicyclic) bond motifs is 2. The third kappa shape index (κ3) is 5.22. The number of benzene rings is 2. The molecule has 1 aromatic heterocycles. The maximum Gasteiger partial charge on any atom is 0.277 e. The summed E-state index contributed by atoms with van der Waals surface area (Å²) >= 11 is 1.25. The summed E-state index contributed by atoms with van der Waals surface area (Å²) in [6.07, 6.45) is 6.74. The van der Waals surface area contributed by atoms with E-state index in [-0.39, 0.29) is 17.1 Å². The van der Waals surface area contributed by atoms with E-state index in [9.17, 15) is 4.79 Å². The summed E-state index contributed by atoms with van der Waals surface area (Å²) in [5.41, 5.74) is 4.53. The number of aromatic nitrogens is 2. The Morgan fingerprint density at radius 3 is 2.38 bits per heavy atom. The van der Waals surface area contributed by atoms with Crippen LogP contribution in [-0.2, 0) is 10.2 Å². The first-order chi connectivity index (χ1) is 16.4. The first-order valence-corrected chi connectivity index (χ1v) is 13.3. The number of nitrogens with zero attached hydrogens (tertiary/aromatic N) is 2. The zero-order valence-electron chi connectivity index (χ0n) is 20.2. The minimum absolute atomic E-state index is 0.0831. The van der Waals surface area contributed by atoms with Gasteiger partial charge >= 0.3 is 0 Å². The van der Waals surface area contributed by atoms with Gasteiger partial charge in [-0.05, 0) is 92.0 Å². The Kier molecular flexibility index (Phi) is 6.52. The number of aryl methyl sites for hydroxylation is 1. The number of hydrogen-bond acceptors (Lipinski definition) is 5. The van der Waals surface area contributed by atoms with Gasteiger partial charge < -0.3 is 9.73 Å². The van der Waals surface area contributed by atoms with E-state index in [2.05, 4.69) is 41.5 Å². The van der Waals surface area contributed by atoms with Crippen molar-refractivity contribution in [1.29, 1.82) is 0 Å². The second-order valence-corrected chi connectivity index (χ2v) is 11.6. The molecule has 2 aliphatic rings. The summed E-state index contributed by atoms with van der Waals surface area (Å²) < 4.78 is 5.70. The zero-order valence-corrected chi connectivity index (χ0v) is 21.0. The van der Waals surface area contributed by atoms with Crippen molar-refractivity contribution in [2.75, 3.05) is 11.1 Å². The highest BCUT2D eigenvalue weighted by atomic mass is 32.2. The summed E-state index contributed by atoms with van der Waals surface area (Å²) in [6, 6.07) is 16.4. The third-order valence-electron chi connectivity index (χ3n) is 7.51. The molecule has 1 N–H and O–H groups in total. The molecule has 2 saturated carbocycles. The highest BCUT2D eigenvalue weighted by molar-refractivity contribution is 7.99. The van der Waals surface area contributed by atoms with E-state index in [1.54, 1.807) is 0 Å². The SMILES string of the molecule is Cc1ccc(-c2nnc(SCC(=O)Nc3ccc(C4(C)CC5CC(C)CC(C5)C4)cc3)o2)cc1. The number of rotatable bonds is 6. The van der Waals surface area contributed by atoms with Crippen molar-refractivity contribution in [1.82, 2.24) is 10.2 Å². The second kappa shape index (κ2) is 9.57. The van der Waals surface area contributed by atoms with Crippen molar-refractivity contribution >= 4 is 23.4 Å². The number of anilines is 1. The maximum atomic E-state index is 12.5. The van der Waals surface area contributed by atoms with Gasteiger partial charge in [0.1, 0.15) is 0 Å². The molecule has 0 radical (unpaired) electrons. The first-order valence-electron chi connectivity index (χ1n) is 12.3. The van der Waals surface area contributed by atoms with E-state index in [0.29, 0.717) is 11.1 Å². The molecule has 3 aromatic rings. The van der Waals surface area contributed by atoms with Crippen molar-refractivity contribution in [2.45, 2.75) is 63.5 Å². The molecule has 34 heavy (non-hydrogen) atoms. The quantitative estimate of drug-likeness (QED) is 0.394. The van der Waals surface area contributed by atoms with E-state index in [1.165, 1.54) is 55.0 Å². The van der Waals surface area contributed by atoms with Gasteiger partial charge in [-0.3, -0.25) is 4.79 Å². The number of amides is 1. The van der Waals surface area contributed by atoms with Gasteiger partial charge in [-0.25, -0.2) is 0 Å². The number of hydrogen-bond donors (Lipinski definition) is 1. The van der Waals surface area contributed by atoms with Crippen LogP contribution in [0, 0.1) is 24.7 Å². The van der Waals surface area contributed by atoms with Crippen LogP contribution in [-0.4, -0.2) is 21.9 Å². The van der Waals surface area contributed by atoms with Crippen LogP contribution in [0.2, 0.25) is 0 Å². The van der Waals surface area contributed by atoms with Gasteiger partial charge in [0.25, 0.3) is 5.22 Å². The van der Waals surface area contributed by atoms with Crippen LogP contribution >= 0.6 is 11.8 Å². The van der Waals surface area contributed by atoms with Crippen LogP contribution in [0.4, 0.5) is 5.69 Å². The molecule has 5 rings (SSSR count). The average molecular weight is 476 g/mol. The molecule has 2 bridgehead atoms. The lowest BCUT2D eigenvalue weighted by Gasteiger charge is -2.47. The highest BCUT2D eigenvalue weighted by Crippen LogP contribution is 2.51. The first kappa shape index (κ1) is 23.2. The largest absolute Gasteiger partial charge is 0.411 e. The molecule has 0 spiro atoms. The molecular weight excluding hydrogens is 442 g/mol. The predicted molar refractivity (Wildman–Crippen MR) is 137 cm³/mol. The Hall–Kier alpha value is -2.60. The Labute approximate surface area is 206 Å². The van der Waals surface area contributed by atoms with Crippen molar-refractivity contribution in [3.8, 4) is 11.5 Å². The van der Waals surface area contributed by atoms with E-state index in [0.717, 1.165) is 29.0 Å². The highest BCUT2D eigenvalue weighted by Gasteiger charge is 2.41. The lowest BCUT2D eigenvalue weighted by molar-refractivity contribution is -0.113. The van der Waals surface area contributed by atoms with E-state index in [4.69, 9.17) is 4.42 Å². The van der Waals surface area contributed by atoms with Gasteiger partial charge in [-0.15, -0.1) is 10.2 Å². The van der Waals surface area contributed by atoms with Gasteiger partial charge in [0.05, 0.1) is 5.75 Å². The van der Waals surface area contributed by atoms with Crippen molar-refractivity contribution in [3.05, 3.63) is 59.7 Å². The molecule has 0 aliphatic heterocycles. The zero-order chi connectivity index (χ0) is 23.7. The number of carbonyl (C=O) groups is 1. The number of thioether (sulfide) groups is 1. The number of carbonyl (C=O) groups excluding carboxylic acids is 1. The molecule has 178 valence electrons. The minimum Gasteiger partial charge on any atom is -0.411 e. The summed E-state index contributed by atoms with van der Waals surface area (Å²) in [6.45, 7) is 6.88. The van der Waals surface area contributed by atoms with Gasteiger partial charge in [0.2, 0.25) is 11.8 Å². The lowest BCUT2D eigenvalue weighted by Crippen LogP contribution is -2.38. The summed E-state index contributed by atoms with van der Waals surface area (Å²) in [5, 5.41) is 11.5. The summed E-state index contributed by atoms with van der Waals surface area (Å²) in [4.78, 5) is 12.5. The van der Waals surface area contributed by atoms with Crippen molar-refractivity contribution in [3.63, 3.8) is 0 Å². The molecule has 6 heteroatoms. The van der Waals surface area contributed by atoms with Gasteiger partial charge in [0, 0.05) is 11.3 Å². The smallest absolute Gasteiger partial charge is 0.277 e. The number of nitrogens with one attached hydrogen (secondary N) is 1.